The van der Waals surface area contributed by atoms with Crippen molar-refractivity contribution in [1.82, 2.24) is 19.7 Å². The lowest BCUT2D eigenvalue weighted by Crippen LogP contribution is -2.28. The first-order chi connectivity index (χ1) is 15.7. The zero-order valence-corrected chi connectivity index (χ0v) is 18.3. The van der Waals surface area contributed by atoms with E-state index in [4.69, 9.17) is 11.6 Å². The Morgan fingerprint density at radius 3 is 2.70 bits per heavy atom. The number of nitrogens with zero attached hydrogens (tertiary/aromatic N) is 4. The maximum absolute atomic E-state index is 14.3. The van der Waals surface area contributed by atoms with Crippen molar-refractivity contribution in [3.8, 4) is 11.5 Å². The van der Waals surface area contributed by atoms with Crippen molar-refractivity contribution in [3.63, 3.8) is 0 Å². The summed E-state index contributed by atoms with van der Waals surface area (Å²) in [4.78, 5) is 33.1. The summed E-state index contributed by atoms with van der Waals surface area (Å²) in [6.07, 6.45) is 0. The molecule has 5 rings (SSSR count). The molecular weight excluding hydrogens is 449 g/mol. The number of carboxylic acid groups (broad SMARTS) is 1. The minimum atomic E-state index is -1.28. The molecule has 3 heterocycles. The molecule has 0 spiro atoms. The van der Waals surface area contributed by atoms with Crippen LogP contribution < -0.4 is 5.32 Å². The third-order valence-electron chi connectivity index (χ3n) is 5.74. The monoisotopic (exact) mass is 465 g/mol. The number of hydrogen-bond donors (Lipinski definition) is 2. The highest BCUT2D eigenvalue weighted by atomic mass is 35.5. The number of aromatic carboxylic acids is 1. The predicted molar refractivity (Wildman–Crippen MR) is 120 cm³/mol. The van der Waals surface area contributed by atoms with Gasteiger partial charge in [0.1, 0.15) is 17.3 Å². The van der Waals surface area contributed by atoms with E-state index in [1.54, 1.807) is 54.9 Å². The number of fused-ring (bicyclic) bond motifs is 2. The van der Waals surface area contributed by atoms with E-state index in [-0.39, 0.29) is 41.2 Å². The van der Waals surface area contributed by atoms with Crippen molar-refractivity contribution >= 4 is 40.2 Å². The van der Waals surface area contributed by atoms with Gasteiger partial charge >= 0.3 is 5.97 Å². The summed E-state index contributed by atoms with van der Waals surface area (Å²) in [5, 5.41) is 18.1. The molecule has 0 atom stereocenters. The molecular formula is C23H17ClFN5O3. The molecule has 33 heavy (non-hydrogen) atoms. The van der Waals surface area contributed by atoms with E-state index >= 15 is 0 Å². The molecule has 166 valence electrons. The van der Waals surface area contributed by atoms with Gasteiger partial charge < -0.3 is 10.4 Å². The molecule has 2 aromatic carbocycles. The smallest absolute Gasteiger partial charge is 0.355 e. The summed E-state index contributed by atoms with van der Waals surface area (Å²) in [7, 11) is 0. The van der Waals surface area contributed by atoms with Crippen LogP contribution in [0.15, 0.2) is 42.5 Å². The molecule has 0 fully saturated rings. The lowest BCUT2D eigenvalue weighted by Gasteiger charge is -2.16. The van der Waals surface area contributed by atoms with E-state index in [1.807, 2.05) is 0 Å². The Morgan fingerprint density at radius 2 is 1.97 bits per heavy atom. The highest BCUT2D eigenvalue weighted by Gasteiger charge is 2.44. The Labute approximate surface area is 192 Å². The molecule has 2 N–H and O–H groups in total. The van der Waals surface area contributed by atoms with Crippen molar-refractivity contribution in [2.75, 3.05) is 5.32 Å². The zero-order chi connectivity index (χ0) is 23.5. The van der Waals surface area contributed by atoms with E-state index in [2.05, 4.69) is 20.4 Å². The number of amides is 1. The second-order valence-electron chi connectivity index (χ2n) is 8.26. The Bertz CT molecular complexity index is 1480. The SMILES string of the molecule is CC1(C)C(=O)Nc2nc(-c3nn(Cc4ccccc4F)c4cc(Cl)ccc34)nc(C(=O)O)c21. The third-order valence-corrected chi connectivity index (χ3v) is 5.97. The number of carboxylic acids is 1. The maximum atomic E-state index is 14.3. The van der Waals surface area contributed by atoms with Gasteiger partial charge in [-0.2, -0.15) is 5.10 Å². The van der Waals surface area contributed by atoms with Crippen LogP contribution in [0.1, 0.15) is 35.5 Å². The van der Waals surface area contributed by atoms with Gasteiger partial charge in [-0.15, -0.1) is 0 Å². The lowest BCUT2D eigenvalue weighted by atomic mass is 9.85. The van der Waals surface area contributed by atoms with Crippen molar-refractivity contribution in [3.05, 3.63) is 70.1 Å². The second-order valence-corrected chi connectivity index (χ2v) is 8.70. The Morgan fingerprint density at radius 1 is 1.21 bits per heavy atom. The molecule has 1 aliphatic heterocycles. The summed E-state index contributed by atoms with van der Waals surface area (Å²) in [6, 6.07) is 11.4. The molecule has 8 nitrogen and oxygen atoms in total. The fraction of sp³-hybridized carbons (Fsp3) is 0.174. The molecule has 0 aliphatic carbocycles. The summed E-state index contributed by atoms with van der Waals surface area (Å²) >= 11 is 6.20. The molecule has 0 saturated carbocycles. The van der Waals surface area contributed by atoms with Gasteiger partial charge in [-0.1, -0.05) is 29.8 Å². The van der Waals surface area contributed by atoms with Crippen molar-refractivity contribution in [2.24, 2.45) is 0 Å². The van der Waals surface area contributed by atoms with Crippen LogP contribution in [0, 0.1) is 5.82 Å². The summed E-state index contributed by atoms with van der Waals surface area (Å²) < 4.78 is 15.9. The van der Waals surface area contributed by atoms with Gasteiger partial charge in [-0.3, -0.25) is 9.48 Å². The molecule has 4 aromatic rings. The van der Waals surface area contributed by atoms with Crippen LogP contribution in [0.5, 0.6) is 0 Å². The maximum Gasteiger partial charge on any atom is 0.355 e. The predicted octanol–water partition coefficient (Wildman–Crippen LogP) is 4.26. The molecule has 0 unspecified atom stereocenters. The first-order valence-electron chi connectivity index (χ1n) is 10.0. The molecule has 1 amide bonds. The van der Waals surface area contributed by atoms with E-state index in [0.717, 1.165) is 0 Å². The summed E-state index contributed by atoms with van der Waals surface area (Å²) in [5.74, 6) is -1.86. The Kier molecular flexibility index (Phi) is 4.68. The van der Waals surface area contributed by atoms with Gasteiger partial charge in [0, 0.05) is 21.5 Å². The van der Waals surface area contributed by atoms with Gasteiger partial charge in [0.2, 0.25) is 5.91 Å². The highest BCUT2D eigenvalue weighted by Crippen LogP contribution is 2.40. The normalized spacial score (nSPS) is 14.4. The summed E-state index contributed by atoms with van der Waals surface area (Å²) in [6.45, 7) is 3.35. The topological polar surface area (TPSA) is 110 Å². The lowest BCUT2D eigenvalue weighted by molar-refractivity contribution is -0.119. The number of nitrogens with one attached hydrogen (secondary N) is 1. The molecule has 0 saturated heterocycles. The van der Waals surface area contributed by atoms with Gasteiger partial charge in [-0.05, 0) is 38.1 Å². The van der Waals surface area contributed by atoms with E-state index in [0.29, 0.717) is 27.2 Å². The molecule has 10 heteroatoms. The van der Waals surface area contributed by atoms with Crippen molar-refractivity contribution in [1.29, 1.82) is 0 Å². The average molecular weight is 466 g/mol. The first kappa shape index (κ1) is 21.0. The largest absolute Gasteiger partial charge is 0.476 e. The Hall–Kier alpha value is -3.85. The Balaban J connectivity index is 1.73. The van der Waals surface area contributed by atoms with Crippen LogP contribution in [0.2, 0.25) is 5.02 Å². The number of carbonyl (C=O) groups is 2. The van der Waals surface area contributed by atoms with Crippen LogP contribution >= 0.6 is 11.6 Å². The van der Waals surface area contributed by atoms with E-state index < -0.39 is 11.4 Å². The quantitative estimate of drug-likeness (QED) is 0.466. The van der Waals surface area contributed by atoms with Crippen molar-refractivity contribution < 1.29 is 19.1 Å². The molecule has 1 aliphatic rings. The number of aromatic nitrogens is 4. The number of benzene rings is 2. The van der Waals surface area contributed by atoms with Crippen LogP contribution in [0.25, 0.3) is 22.4 Å². The van der Waals surface area contributed by atoms with Crippen LogP contribution in [-0.2, 0) is 16.8 Å². The minimum Gasteiger partial charge on any atom is -0.476 e. The summed E-state index contributed by atoms with van der Waals surface area (Å²) in [5.41, 5.74) is 0.171. The van der Waals surface area contributed by atoms with Gasteiger partial charge in [0.15, 0.2) is 11.5 Å². The minimum absolute atomic E-state index is 0.0313. The van der Waals surface area contributed by atoms with Crippen LogP contribution in [-0.4, -0.2) is 36.7 Å². The van der Waals surface area contributed by atoms with E-state index in [9.17, 15) is 19.1 Å². The number of rotatable bonds is 4. The first-order valence-corrected chi connectivity index (χ1v) is 10.4. The zero-order valence-electron chi connectivity index (χ0n) is 17.6. The van der Waals surface area contributed by atoms with Crippen LogP contribution in [0.3, 0.4) is 0 Å². The molecule has 0 bridgehead atoms. The second kappa shape index (κ2) is 7.35. The molecule has 2 aromatic heterocycles. The number of halogens is 2. The van der Waals surface area contributed by atoms with E-state index in [1.165, 1.54) is 6.07 Å². The fourth-order valence-electron chi connectivity index (χ4n) is 4.00. The number of hydrogen-bond acceptors (Lipinski definition) is 5. The van der Waals surface area contributed by atoms with Crippen molar-refractivity contribution in [2.45, 2.75) is 25.8 Å². The highest BCUT2D eigenvalue weighted by molar-refractivity contribution is 6.31. The third kappa shape index (κ3) is 3.32. The molecule has 0 radical (unpaired) electrons. The number of anilines is 1. The van der Waals surface area contributed by atoms with Crippen LogP contribution in [0.4, 0.5) is 10.2 Å². The van der Waals surface area contributed by atoms with Gasteiger partial charge in [0.25, 0.3) is 0 Å². The van der Waals surface area contributed by atoms with Gasteiger partial charge in [-0.25, -0.2) is 19.2 Å². The standard InChI is InChI=1S/C23H17ClFN5O3/c1-23(2)16-18(21(31)32)26-20(27-19(16)28-22(23)33)17-13-8-7-12(24)9-15(13)30(29-17)10-11-5-3-4-6-14(11)25/h3-9H,10H2,1-2H3,(H,31,32)(H,26,27,28,33). The fourth-order valence-corrected chi connectivity index (χ4v) is 4.17. The number of carbonyl (C=O) groups excluding carboxylic acids is 1. The van der Waals surface area contributed by atoms with Gasteiger partial charge in [0.05, 0.1) is 17.5 Å². The average Bonchev–Trinajstić information content (AvgIpc) is 3.22.